The average Bonchev–Trinajstić information content (AvgIpc) is 2.49. The molecule has 0 amide bonds. The number of aliphatic hydroxyl groups is 1. The number of benzene rings is 2. The first kappa shape index (κ1) is 14.1. The summed E-state index contributed by atoms with van der Waals surface area (Å²) in [5, 5.41) is 10.6. The van der Waals surface area contributed by atoms with Gasteiger partial charge in [-0.3, -0.25) is 0 Å². The second-order valence-corrected chi connectivity index (χ2v) is 5.57. The summed E-state index contributed by atoms with van der Waals surface area (Å²) in [6.45, 7) is 0.235. The van der Waals surface area contributed by atoms with Gasteiger partial charge in [0.05, 0.1) is 0 Å². The smallest absolute Gasteiger partial charge is 0.111 e. The monoisotopic (exact) mass is 273 g/mol. The molecule has 0 saturated heterocycles. The van der Waals surface area contributed by atoms with Crippen LogP contribution in [0.15, 0.2) is 60.7 Å². The minimum atomic E-state index is -0.944. The molecular weight excluding hydrogens is 254 g/mol. The van der Waals surface area contributed by atoms with Crippen molar-refractivity contribution in [2.75, 3.05) is 12.3 Å². The topological polar surface area (TPSA) is 46.2 Å². The molecule has 2 aromatic carbocycles. The Bertz CT molecular complexity index is 489. The van der Waals surface area contributed by atoms with Crippen molar-refractivity contribution in [3.8, 4) is 0 Å². The summed E-state index contributed by atoms with van der Waals surface area (Å²) in [6.07, 6.45) is 0. The maximum Gasteiger partial charge on any atom is 0.111 e. The molecule has 0 bridgehead atoms. The summed E-state index contributed by atoms with van der Waals surface area (Å²) in [5.41, 5.74) is 6.96. The molecule has 0 heterocycles. The third kappa shape index (κ3) is 3.83. The van der Waals surface area contributed by atoms with E-state index in [-0.39, 0.29) is 6.54 Å². The van der Waals surface area contributed by atoms with E-state index in [0.29, 0.717) is 5.75 Å². The highest BCUT2D eigenvalue weighted by Gasteiger charge is 2.27. The maximum atomic E-state index is 10.6. The largest absolute Gasteiger partial charge is 0.383 e. The lowest BCUT2D eigenvalue weighted by Crippen LogP contribution is -2.37. The fourth-order valence-electron chi connectivity index (χ4n) is 1.92. The van der Waals surface area contributed by atoms with Crippen LogP contribution in [-0.2, 0) is 11.4 Å². The summed E-state index contributed by atoms with van der Waals surface area (Å²) in [7, 11) is 0. The van der Waals surface area contributed by atoms with Crippen molar-refractivity contribution in [2.24, 2.45) is 5.73 Å². The molecule has 1 unspecified atom stereocenters. The molecule has 0 aliphatic carbocycles. The van der Waals surface area contributed by atoms with Gasteiger partial charge in [0.1, 0.15) is 5.60 Å². The Morgan fingerprint density at radius 3 is 2.11 bits per heavy atom. The quantitative estimate of drug-likeness (QED) is 0.850. The zero-order valence-corrected chi connectivity index (χ0v) is 11.6. The molecule has 0 aliphatic heterocycles. The first-order chi connectivity index (χ1) is 9.24. The molecule has 1 atom stereocenters. The van der Waals surface area contributed by atoms with E-state index >= 15 is 0 Å². The van der Waals surface area contributed by atoms with E-state index in [0.717, 1.165) is 11.3 Å². The van der Waals surface area contributed by atoms with Crippen molar-refractivity contribution in [3.63, 3.8) is 0 Å². The van der Waals surface area contributed by atoms with Crippen LogP contribution in [-0.4, -0.2) is 17.4 Å². The molecule has 0 radical (unpaired) electrons. The van der Waals surface area contributed by atoms with Gasteiger partial charge in [0, 0.05) is 18.1 Å². The Kier molecular flexibility index (Phi) is 5.02. The van der Waals surface area contributed by atoms with E-state index in [1.54, 1.807) is 11.8 Å². The Morgan fingerprint density at radius 1 is 0.947 bits per heavy atom. The molecule has 100 valence electrons. The van der Waals surface area contributed by atoms with Gasteiger partial charge in [-0.15, -0.1) is 0 Å². The third-order valence-electron chi connectivity index (χ3n) is 3.10. The van der Waals surface area contributed by atoms with Crippen LogP contribution in [0.25, 0.3) is 0 Å². The second kappa shape index (κ2) is 6.75. The standard InChI is InChI=1S/C16H19NOS/c17-12-16(18,15-9-5-2-6-10-15)13-19-11-14-7-3-1-4-8-14/h1-10,18H,11-13,17H2. The Hall–Kier alpha value is -1.29. The summed E-state index contributed by atoms with van der Waals surface area (Å²) in [4.78, 5) is 0. The fraction of sp³-hybridized carbons (Fsp3) is 0.250. The van der Waals surface area contributed by atoms with Gasteiger partial charge in [0.15, 0.2) is 0 Å². The van der Waals surface area contributed by atoms with Gasteiger partial charge in [0.2, 0.25) is 0 Å². The third-order valence-corrected chi connectivity index (χ3v) is 4.32. The van der Waals surface area contributed by atoms with Gasteiger partial charge in [-0.05, 0) is 11.1 Å². The Labute approximate surface area is 118 Å². The van der Waals surface area contributed by atoms with Crippen molar-refractivity contribution < 1.29 is 5.11 Å². The van der Waals surface area contributed by atoms with Gasteiger partial charge in [-0.2, -0.15) is 11.8 Å². The first-order valence-electron chi connectivity index (χ1n) is 6.34. The summed E-state index contributed by atoms with van der Waals surface area (Å²) >= 11 is 1.70. The van der Waals surface area contributed by atoms with Gasteiger partial charge in [0.25, 0.3) is 0 Å². The van der Waals surface area contributed by atoms with E-state index in [1.807, 2.05) is 48.5 Å². The number of rotatable bonds is 6. The Balaban J connectivity index is 1.96. The number of hydrogen-bond donors (Lipinski definition) is 2. The molecule has 0 aliphatic rings. The molecule has 0 spiro atoms. The average molecular weight is 273 g/mol. The number of hydrogen-bond acceptors (Lipinski definition) is 3. The molecule has 0 fully saturated rings. The van der Waals surface area contributed by atoms with Crippen molar-refractivity contribution in [2.45, 2.75) is 11.4 Å². The van der Waals surface area contributed by atoms with Crippen LogP contribution in [0.2, 0.25) is 0 Å². The van der Waals surface area contributed by atoms with Crippen LogP contribution in [0, 0.1) is 0 Å². The predicted molar refractivity (Wildman–Crippen MR) is 82.0 cm³/mol. The minimum absolute atomic E-state index is 0.235. The van der Waals surface area contributed by atoms with Gasteiger partial charge < -0.3 is 10.8 Å². The zero-order chi connectivity index (χ0) is 13.6. The summed E-state index contributed by atoms with van der Waals surface area (Å²) < 4.78 is 0. The SMILES string of the molecule is NCC(O)(CSCc1ccccc1)c1ccccc1. The summed E-state index contributed by atoms with van der Waals surface area (Å²) in [6, 6.07) is 19.9. The molecule has 0 aromatic heterocycles. The van der Waals surface area contributed by atoms with Crippen LogP contribution in [0.4, 0.5) is 0 Å². The van der Waals surface area contributed by atoms with Crippen molar-refractivity contribution in [1.82, 2.24) is 0 Å². The first-order valence-corrected chi connectivity index (χ1v) is 7.50. The van der Waals surface area contributed by atoms with Crippen LogP contribution in [0.5, 0.6) is 0 Å². The second-order valence-electron chi connectivity index (χ2n) is 4.58. The van der Waals surface area contributed by atoms with E-state index in [9.17, 15) is 5.11 Å². The molecule has 0 saturated carbocycles. The maximum absolute atomic E-state index is 10.6. The van der Waals surface area contributed by atoms with E-state index in [1.165, 1.54) is 5.56 Å². The van der Waals surface area contributed by atoms with Crippen molar-refractivity contribution >= 4 is 11.8 Å². The lowest BCUT2D eigenvalue weighted by atomic mass is 9.96. The van der Waals surface area contributed by atoms with Crippen LogP contribution >= 0.6 is 11.8 Å². The predicted octanol–water partition coefficient (Wildman–Crippen LogP) is 2.77. The van der Waals surface area contributed by atoms with Crippen LogP contribution in [0.3, 0.4) is 0 Å². The van der Waals surface area contributed by atoms with Crippen LogP contribution in [0.1, 0.15) is 11.1 Å². The molecule has 3 N–H and O–H groups in total. The minimum Gasteiger partial charge on any atom is -0.383 e. The van der Waals surface area contributed by atoms with Gasteiger partial charge in [-0.25, -0.2) is 0 Å². The normalized spacial score (nSPS) is 14.0. The van der Waals surface area contributed by atoms with E-state index in [2.05, 4.69) is 12.1 Å². The molecule has 2 aromatic rings. The highest BCUT2D eigenvalue weighted by molar-refractivity contribution is 7.98. The van der Waals surface area contributed by atoms with Crippen molar-refractivity contribution in [3.05, 3.63) is 71.8 Å². The highest BCUT2D eigenvalue weighted by Crippen LogP contribution is 2.26. The fourth-order valence-corrected chi connectivity index (χ4v) is 3.07. The number of thioether (sulfide) groups is 1. The van der Waals surface area contributed by atoms with Gasteiger partial charge >= 0.3 is 0 Å². The van der Waals surface area contributed by atoms with Crippen LogP contribution < -0.4 is 5.73 Å². The highest BCUT2D eigenvalue weighted by atomic mass is 32.2. The molecule has 3 heteroatoms. The lowest BCUT2D eigenvalue weighted by Gasteiger charge is -2.26. The van der Waals surface area contributed by atoms with Gasteiger partial charge in [-0.1, -0.05) is 60.7 Å². The number of nitrogens with two attached hydrogens (primary N) is 1. The molecule has 19 heavy (non-hydrogen) atoms. The summed E-state index contributed by atoms with van der Waals surface area (Å²) in [5.74, 6) is 1.48. The Morgan fingerprint density at radius 2 is 1.53 bits per heavy atom. The van der Waals surface area contributed by atoms with E-state index in [4.69, 9.17) is 5.73 Å². The van der Waals surface area contributed by atoms with E-state index < -0.39 is 5.60 Å². The lowest BCUT2D eigenvalue weighted by molar-refractivity contribution is 0.0721. The molecular formula is C16H19NOS. The zero-order valence-electron chi connectivity index (χ0n) is 10.8. The molecule has 2 rings (SSSR count). The molecule has 2 nitrogen and oxygen atoms in total. The van der Waals surface area contributed by atoms with Crippen molar-refractivity contribution in [1.29, 1.82) is 0 Å².